The van der Waals surface area contributed by atoms with E-state index in [1.165, 1.54) is 17.0 Å². The van der Waals surface area contributed by atoms with Crippen LogP contribution in [0.25, 0.3) is 0 Å². The Bertz CT molecular complexity index is 850. The zero-order valence-electron chi connectivity index (χ0n) is 18.0. The second-order valence-electron chi connectivity index (χ2n) is 7.63. The van der Waals surface area contributed by atoms with Crippen LogP contribution in [-0.2, 0) is 22.6 Å². The van der Waals surface area contributed by atoms with Gasteiger partial charge in [-0.15, -0.1) is 0 Å². The van der Waals surface area contributed by atoms with Gasteiger partial charge in [0.1, 0.15) is 11.9 Å². The number of nitrogens with zero attached hydrogens (tertiary/aromatic N) is 1. The molecule has 2 aromatic rings. The summed E-state index contributed by atoms with van der Waals surface area (Å²) in [5.41, 5.74) is 2.16. The zero-order valence-corrected chi connectivity index (χ0v) is 18.8. The molecule has 0 heterocycles. The summed E-state index contributed by atoms with van der Waals surface area (Å²) in [7, 11) is 0. The van der Waals surface area contributed by atoms with Crippen LogP contribution in [0.15, 0.2) is 42.5 Å². The highest BCUT2D eigenvalue weighted by molar-refractivity contribution is 6.31. The molecular weight excluding hydrogens is 403 g/mol. The molecule has 2 atom stereocenters. The summed E-state index contributed by atoms with van der Waals surface area (Å²) in [4.78, 5) is 27.7. The molecule has 162 valence electrons. The predicted molar refractivity (Wildman–Crippen MR) is 119 cm³/mol. The van der Waals surface area contributed by atoms with Crippen molar-refractivity contribution >= 4 is 23.4 Å². The molecule has 30 heavy (non-hydrogen) atoms. The summed E-state index contributed by atoms with van der Waals surface area (Å²) < 4.78 is 14.3. The Labute approximate surface area is 183 Å². The van der Waals surface area contributed by atoms with Crippen molar-refractivity contribution in [1.82, 2.24) is 10.2 Å². The number of halogens is 2. The minimum absolute atomic E-state index is 0.00360. The third-order valence-electron chi connectivity index (χ3n) is 5.25. The fourth-order valence-electron chi connectivity index (χ4n) is 3.20. The zero-order chi connectivity index (χ0) is 22.3. The monoisotopic (exact) mass is 432 g/mol. The number of carbonyl (C=O) groups excluding carboxylic acids is 2. The van der Waals surface area contributed by atoms with Gasteiger partial charge >= 0.3 is 0 Å². The van der Waals surface area contributed by atoms with Crippen LogP contribution in [0.3, 0.4) is 0 Å². The van der Waals surface area contributed by atoms with Gasteiger partial charge in [-0.05, 0) is 44.4 Å². The van der Waals surface area contributed by atoms with Gasteiger partial charge in [0.05, 0.1) is 6.42 Å². The van der Waals surface area contributed by atoms with Gasteiger partial charge in [-0.3, -0.25) is 9.59 Å². The molecule has 0 spiro atoms. The first-order valence-corrected chi connectivity index (χ1v) is 10.7. The molecule has 0 radical (unpaired) electrons. The van der Waals surface area contributed by atoms with Gasteiger partial charge in [0.25, 0.3) is 0 Å². The van der Waals surface area contributed by atoms with Gasteiger partial charge in [0.2, 0.25) is 11.8 Å². The highest BCUT2D eigenvalue weighted by Crippen LogP contribution is 2.22. The molecule has 0 saturated carbocycles. The van der Waals surface area contributed by atoms with Crippen molar-refractivity contribution in [2.75, 3.05) is 0 Å². The predicted octanol–water partition coefficient (Wildman–Crippen LogP) is 5.05. The maximum absolute atomic E-state index is 14.3. The van der Waals surface area contributed by atoms with Crippen molar-refractivity contribution in [3.63, 3.8) is 0 Å². The van der Waals surface area contributed by atoms with Gasteiger partial charge in [0, 0.05) is 23.2 Å². The molecule has 0 aromatic heterocycles. The Morgan fingerprint density at radius 2 is 1.77 bits per heavy atom. The normalized spacial score (nSPS) is 12.9. The summed E-state index contributed by atoms with van der Waals surface area (Å²) in [5, 5.41) is 3.17. The van der Waals surface area contributed by atoms with E-state index in [0.29, 0.717) is 6.42 Å². The maximum atomic E-state index is 14.3. The van der Waals surface area contributed by atoms with E-state index in [9.17, 15) is 14.0 Å². The standard InChI is InChI=1S/C24H30ClFN2O2/c1-5-17(4)27-24(30)22(6-2)28(15-18-12-10-16(3)11-13-18)23(29)14-19-20(25)8-7-9-21(19)26/h7-13,17,22H,5-6,14-15H2,1-4H3,(H,27,30)/t17-,22-/m1/s1. The van der Waals surface area contributed by atoms with Crippen molar-refractivity contribution < 1.29 is 14.0 Å². The fraction of sp³-hybridized carbons (Fsp3) is 0.417. The molecule has 0 saturated heterocycles. The van der Waals surface area contributed by atoms with E-state index in [-0.39, 0.29) is 41.4 Å². The van der Waals surface area contributed by atoms with Gasteiger partial charge in [0.15, 0.2) is 0 Å². The summed E-state index contributed by atoms with van der Waals surface area (Å²) in [5.74, 6) is -1.07. The molecular formula is C24H30ClFN2O2. The van der Waals surface area contributed by atoms with Crippen molar-refractivity contribution in [3.8, 4) is 0 Å². The van der Waals surface area contributed by atoms with E-state index in [1.807, 2.05) is 52.0 Å². The summed E-state index contributed by atoms with van der Waals surface area (Å²) in [6, 6.07) is 11.5. The molecule has 0 fully saturated rings. The van der Waals surface area contributed by atoms with Crippen LogP contribution < -0.4 is 5.32 Å². The minimum atomic E-state index is -0.654. The highest BCUT2D eigenvalue weighted by Gasteiger charge is 2.30. The number of hydrogen-bond acceptors (Lipinski definition) is 2. The molecule has 0 aliphatic heterocycles. The van der Waals surface area contributed by atoms with Gasteiger partial charge in [-0.1, -0.05) is 61.3 Å². The first-order valence-electron chi connectivity index (χ1n) is 10.3. The SMILES string of the molecule is CC[C@@H](C)NC(=O)[C@@H](CC)N(Cc1ccc(C)cc1)C(=O)Cc1c(F)cccc1Cl. The number of aryl methyl sites for hydroxylation is 1. The van der Waals surface area contributed by atoms with Gasteiger partial charge in [-0.25, -0.2) is 4.39 Å². The quantitative estimate of drug-likeness (QED) is 0.602. The number of amides is 2. The van der Waals surface area contributed by atoms with Crippen molar-refractivity contribution in [3.05, 3.63) is 70.0 Å². The van der Waals surface area contributed by atoms with Crippen LogP contribution in [0.1, 0.15) is 50.3 Å². The topological polar surface area (TPSA) is 49.4 Å². The largest absolute Gasteiger partial charge is 0.352 e. The van der Waals surface area contributed by atoms with E-state index in [2.05, 4.69) is 5.32 Å². The third kappa shape index (κ3) is 6.30. The van der Waals surface area contributed by atoms with E-state index < -0.39 is 11.9 Å². The van der Waals surface area contributed by atoms with Crippen LogP contribution in [0, 0.1) is 12.7 Å². The molecule has 0 bridgehead atoms. The molecule has 2 aromatic carbocycles. The number of hydrogen-bond donors (Lipinski definition) is 1. The van der Waals surface area contributed by atoms with E-state index in [0.717, 1.165) is 17.5 Å². The first kappa shape index (κ1) is 23.9. The number of benzene rings is 2. The summed E-state index contributed by atoms with van der Waals surface area (Å²) in [6.07, 6.45) is 1.04. The molecule has 6 heteroatoms. The second kappa shape index (κ2) is 11.1. The smallest absolute Gasteiger partial charge is 0.243 e. The fourth-order valence-corrected chi connectivity index (χ4v) is 3.43. The lowest BCUT2D eigenvalue weighted by atomic mass is 10.1. The Hall–Kier alpha value is -2.40. The molecule has 1 N–H and O–H groups in total. The van der Waals surface area contributed by atoms with Crippen LogP contribution in [0.5, 0.6) is 0 Å². The summed E-state index contributed by atoms with van der Waals surface area (Å²) in [6.45, 7) is 8.03. The first-order chi connectivity index (χ1) is 14.3. The number of nitrogens with one attached hydrogen (secondary N) is 1. The number of carbonyl (C=O) groups is 2. The lowest BCUT2D eigenvalue weighted by Crippen LogP contribution is -2.51. The van der Waals surface area contributed by atoms with Crippen LogP contribution in [0.4, 0.5) is 4.39 Å². The molecule has 0 unspecified atom stereocenters. The molecule has 4 nitrogen and oxygen atoms in total. The van der Waals surface area contributed by atoms with E-state index in [4.69, 9.17) is 11.6 Å². The Balaban J connectivity index is 2.34. The van der Waals surface area contributed by atoms with Crippen LogP contribution in [-0.4, -0.2) is 28.8 Å². The van der Waals surface area contributed by atoms with E-state index >= 15 is 0 Å². The van der Waals surface area contributed by atoms with Crippen molar-refractivity contribution in [1.29, 1.82) is 0 Å². The molecule has 2 amide bonds. The lowest BCUT2D eigenvalue weighted by Gasteiger charge is -2.31. The Morgan fingerprint density at radius 1 is 1.10 bits per heavy atom. The van der Waals surface area contributed by atoms with Crippen LogP contribution in [0.2, 0.25) is 5.02 Å². The van der Waals surface area contributed by atoms with Crippen molar-refractivity contribution in [2.24, 2.45) is 0 Å². The molecule has 0 aliphatic rings. The van der Waals surface area contributed by atoms with Crippen LogP contribution >= 0.6 is 11.6 Å². The second-order valence-corrected chi connectivity index (χ2v) is 8.03. The highest BCUT2D eigenvalue weighted by atomic mass is 35.5. The molecule has 2 rings (SSSR count). The van der Waals surface area contributed by atoms with Gasteiger partial charge < -0.3 is 10.2 Å². The minimum Gasteiger partial charge on any atom is -0.352 e. The van der Waals surface area contributed by atoms with Gasteiger partial charge in [-0.2, -0.15) is 0 Å². The van der Waals surface area contributed by atoms with Crippen molar-refractivity contribution in [2.45, 2.75) is 65.6 Å². The number of rotatable bonds is 9. The average Bonchev–Trinajstić information content (AvgIpc) is 2.71. The molecule has 0 aliphatic carbocycles. The summed E-state index contributed by atoms with van der Waals surface area (Å²) >= 11 is 6.13. The lowest BCUT2D eigenvalue weighted by molar-refractivity contribution is -0.141. The Kier molecular flexibility index (Phi) is 8.85. The Morgan fingerprint density at radius 3 is 2.33 bits per heavy atom. The third-order valence-corrected chi connectivity index (χ3v) is 5.60. The van der Waals surface area contributed by atoms with E-state index in [1.54, 1.807) is 6.07 Å². The average molecular weight is 433 g/mol. The maximum Gasteiger partial charge on any atom is 0.243 e.